The summed E-state index contributed by atoms with van der Waals surface area (Å²) >= 11 is 0. The third-order valence-corrected chi connectivity index (χ3v) is 10.1. The van der Waals surface area contributed by atoms with Gasteiger partial charge in [-0.25, -0.2) is 0 Å². The Morgan fingerprint density at radius 2 is 0.822 bits per heavy atom. The highest BCUT2D eigenvalue weighted by Crippen LogP contribution is 2.49. The van der Waals surface area contributed by atoms with Crippen LogP contribution in [0.15, 0.2) is 158 Å². The van der Waals surface area contributed by atoms with E-state index >= 15 is 0 Å². The van der Waals surface area contributed by atoms with E-state index in [4.69, 9.17) is 0 Å². The molecule has 0 spiro atoms. The van der Waals surface area contributed by atoms with Gasteiger partial charge in [0.25, 0.3) is 0 Å². The minimum Gasteiger partial charge on any atom is -0.0622 e. The molecule has 0 heteroatoms. The van der Waals surface area contributed by atoms with Gasteiger partial charge in [-0.05, 0) is 106 Å². The lowest BCUT2D eigenvalue weighted by molar-refractivity contribution is 0.660. The minimum atomic E-state index is -0.00529. The Kier molecular flexibility index (Phi) is 5.64. The molecule has 0 atom stereocenters. The van der Waals surface area contributed by atoms with E-state index in [0.29, 0.717) is 0 Å². The van der Waals surface area contributed by atoms with Gasteiger partial charge in [0, 0.05) is 5.41 Å². The van der Waals surface area contributed by atoms with Crippen molar-refractivity contribution in [2.45, 2.75) is 19.3 Å². The highest BCUT2D eigenvalue weighted by Gasteiger charge is 2.35. The van der Waals surface area contributed by atoms with E-state index in [1.54, 1.807) is 0 Å². The summed E-state index contributed by atoms with van der Waals surface area (Å²) in [5.74, 6) is 0. The Morgan fingerprint density at radius 3 is 1.49 bits per heavy atom. The first kappa shape index (κ1) is 26.0. The minimum absolute atomic E-state index is 0.00529. The molecule has 0 radical (unpaired) electrons. The van der Waals surface area contributed by atoms with Crippen molar-refractivity contribution in [3.05, 3.63) is 169 Å². The molecule has 0 aromatic heterocycles. The molecule has 0 N–H and O–H groups in total. The lowest BCUT2D eigenvalue weighted by atomic mass is 9.81. The summed E-state index contributed by atoms with van der Waals surface area (Å²) in [6.45, 7) is 4.70. The second-order valence-corrected chi connectivity index (χ2v) is 12.9. The first-order chi connectivity index (χ1) is 22.1. The van der Waals surface area contributed by atoms with Gasteiger partial charge < -0.3 is 0 Å². The van der Waals surface area contributed by atoms with E-state index < -0.39 is 0 Å². The van der Waals surface area contributed by atoms with Crippen molar-refractivity contribution in [1.82, 2.24) is 0 Å². The Hall–Kier alpha value is -5.46. The zero-order valence-corrected chi connectivity index (χ0v) is 25.5. The zero-order chi connectivity index (χ0) is 30.1. The monoisotopic (exact) mass is 572 g/mol. The van der Waals surface area contributed by atoms with Crippen molar-refractivity contribution in [1.29, 1.82) is 0 Å². The lowest BCUT2D eigenvalue weighted by Crippen LogP contribution is -2.14. The first-order valence-corrected chi connectivity index (χ1v) is 15.9. The summed E-state index contributed by atoms with van der Waals surface area (Å²) in [6, 6.07) is 58.4. The fraction of sp³-hybridized carbons (Fsp3) is 0.0667. The molecular weight excluding hydrogens is 540 g/mol. The van der Waals surface area contributed by atoms with Gasteiger partial charge in [0.2, 0.25) is 0 Å². The predicted molar refractivity (Wildman–Crippen MR) is 193 cm³/mol. The van der Waals surface area contributed by atoms with Gasteiger partial charge in [0.05, 0.1) is 0 Å². The summed E-state index contributed by atoms with van der Waals surface area (Å²) in [6.07, 6.45) is 0. The van der Waals surface area contributed by atoms with Crippen molar-refractivity contribution in [2.75, 3.05) is 0 Å². The van der Waals surface area contributed by atoms with Crippen molar-refractivity contribution in [2.24, 2.45) is 0 Å². The molecule has 0 bridgehead atoms. The molecule has 1 aliphatic rings. The number of hydrogen-bond acceptors (Lipinski definition) is 0. The molecule has 0 saturated heterocycles. The van der Waals surface area contributed by atoms with Gasteiger partial charge in [-0.3, -0.25) is 0 Å². The van der Waals surface area contributed by atoms with Crippen molar-refractivity contribution in [3.8, 4) is 44.5 Å². The fourth-order valence-electron chi connectivity index (χ4n) is 7.80. The Morgan fingerprint density at radius 1 is 0.333 bits per heavy atom. The van der Waals surface area contributed by atoms with Gasteiger partial charge in [-0.15, -0.1) is 0 Å². The average Bonchev–Trinajstić information content (AvgIpc) is 3.33. The van der Waals surface area contributed by atoms with Crippen LogP contribution in [0, 0.1) is 0 Å². The summed E-state index contributed by atoms with van der Waals surface area (Å²) in [7, 11) is 0. The molecule has 0 unspecified atom stereocenters. The van der Waals surface area contributed by atoms with Crippen LogP contribution < -0.4 is 0 Å². The zero-order valence-electron chi connectivity index (χ0n) is 25.5. The van der Waals surface area contributed by atoms with E-state index in [1.807, 2.05) is 0 Å². The molecule has 0 amide bonds. The number of rotatable bonds is 3. The van der Waals surface area contributed by atoms with Crippen LogP contribution in [0.4, 0.5) is 0 Å². The average molecular weight is 573 g/mol. The number of hydrogen-bond donors (Lipinski definition) is 0. The van der Waals surface area contributed by atoms with E-state index in [0.717, 1.165) is 0 Å². The second-order valence-electron chi connectivity index (χ2n) is 12.9. The molecule has 0 fully saturated rings. The standard InChI is InChI=1S/C45H32/c1-45(2)42-19-11-10-16-36(42)37-25-24-32(28-43(37)45)29-20-22-31(23-21-29)41-27-33-26-40(30-12-4-3-5-13-30)34-14-6-8-17-38(34)44(33)39-18-9-7-15-35(39)41/h3-28H,1-2H3. The van der Waals surface area contributed by atoms with Crippen LogP contribution in [0.25, 0.3) is 76.8 Å². The number of fused-ring (bicyclic) bond motifs is 8. The van der Waals surface area contributed by atoms with Gasteiger partial charge in [0.1, 0.15) is 0 Å². The van der Waals surface area contributed by atoms with Crippen LogP contribution in [0.3, 0.4) is 0 Å². The maximum atomic E-state index is 2.41. The topological polar surface area (TPSA) is 0 Å². The van der Waals surface area contributed by atoms with Crippen molar-refractivity contribution in [3.63, 3.8) is 0 Å². The first-order valence-electron chi connectivity index (χ1n) is 15.9. The molecule has 8 aromatic carbocycles. The van der Waals surface area contributed by atoms with Crippen LogP contribution in [-0.2, 0) is 5.41 Å². The maximum Gasteiger partial charge on any atom is 0.0159 e. The van der Waals surface area contributed by atoms with Crippen molar-refractivity contribution < 1.29 is 0 Å². The maximum absolute atomic E-state index is 2.41. The number of benzene rings is 8. The summed E-state index contributed by atoms with van der Waals surface area (Å²) in [4.78, 5) is 0. The molecule has 212 valence electrons. The van der Waals surface area contributed by atoms with Crippen LogP contribution in [0.2, 0.25) is 0 Å². The summed E-state index contributed by atoms with van der Waals surface area (Å²) < 4.78 is 0. The third-order valence-electron chi connectivity index (χ3n) is 10.1. The quantitative estimate of drug-likeness (QED) is 0.185. The van der Waals surface area contributed by atoms with E-state index in [2.05, 4.69) is 172 Å². The SMILES string of the molecule is CC1(C)c2ccccc2-c2ccc(-c3ccc(-c4cc5cc(-c6ccccc6)c6ccccc6c5c5ccccc45)cc3)cc21. The highest BCUT2D eigenvalue weighted by molar-refractivity contribution is 6.25. The lowest BCUT2D eigenvalue weighted by Gasteiger charge is -2.22. The third kappa shape index (κ3) is 3.92. The van der Waals surface area contributed by atoms with E-state index in [9.17, 15) is 0 Å². The Labute approximate surface area is 264 Å². The summed E-state index contributed by atoms with van der Waals surface area (Å²) in [5.41, 5.74) is 13.1. The smallest absolute Gasteiger partial charge is 0.0159 e. The molecular formula is C45H32. The molecule has 9 rings (SSSR count). The van der Waals surface area contributed by atoms with Crippen LogP contribution in [0.1, 0.15) is 25.0 Å². The van der Waals surface area contributed by atoms with E-state index in [-0.39, 0.29) is 5.41 Å². The van der Waals surface area contributed by atoms with Gasteiger partial charge >= 0.3 is 0 Å². The molecule has 0 heterocycles. The second kappa shape index (κ2) is 9.78. The Balaban J connectivity index is 1.20. The molecule has 0 nitrogen and oxygen atoms in total. The predicted octanol–water partition coefficient (Wildman–Crippen LogP) is 12.5. The summed E-state index contributed by atoms with van der Waals surface area (Å²) in [5, 5.41) is 7.76. The molecule has 45 heavy (non-hydrogen) atoms. The molecule has 0 saturated carbocycles. The van der Waals surface area contributed by atoms with Gasteiger partial charge in [0.15, 0.2) is 0 Å². The van der Waals surface area contributed by atoms with E-state index in [1.165, 1.54) is 88.0 Å². The normalized spacial score (nSPS) is 13.3. The largest absolute Gasteiger partial charge is 0.0622 e. The van der Waals surface area contributed by atoms with Crippen LogP contribution in [0.5, 0.6) is 0 Å². The molecule has 8 aromatic rings. The fourth-order valence-corrected chi connectivity index (χ4v) is 7.80. The molecule has 0 aliphatic heterocycles. The van der Waals surface area contributed by atoms with Crippen molar-refractivity contribution >= 4 is 32.3 Å². The van der Waals surface area contributed by atoms with Gasteiger partial charge in [-0.2, -0.15) is 0 Å². The highest BCUT2D eigenvalue weighted by atomic mass is 14.4. The Bertz CT molecular complexity index is 2430. The van der Waals surface area contributed by atoms with Crippen LogP contribution >= 0.6 is 0 Å². The van der Waals surface area contributed by atoms with Gasteiger partial charge in [-0.1, -0.05) is 153 Å². The van der Waals surface area contributed by atoms with Crippen LogP contribution in [-0.4, -0.2) is 0 Å². The molecule has 1 aliphatic carbocycles.